The molecule has 0 aromatic rings. The summed E-state index contributed by atoms with van der Waals surface area (Å²) in [5, 5.41) is 9.12. The molecule has 2 heteroatoms. The molecule has 0 aliphatic heterocycles. The van der Waals surface area contributed by atoms with Gasteiger partial charge >= 0.3 is 0 Å². The molecule has 108 valence electrons. The minimum absolute atomic E-state index is 0. The van der Waals surface area contributed by atoms with Gasteiger partial charge in [0.2, 0.25) is 0 Å². The maximum atomic E-state index is 9.12. The fraction of sp³-hybridized carbons (Fsp3) is 0.444. The van der Waals surface area contributed by atoms with Crippen molar-refractivity contribution in [1.29, 1.82) is 0 Å². The summed E-state index contributed by atoms with van der Waals surface area (Å²) in [6.45, 7) is 4.98. The molecular weight excluding hydrogens is 333 g/mol. The molecule has 20 heavy (non-hydrogen) atoms. The van der Waals surface area contributed by atoms with Gasteiger partial charge in [-0.25, -0.2) is 0 Å². The summed E-state index contributed by atoms with van der Waals surface area (Å²) in [7, 11) is 0. The molecule has 2 unspecified atom stereocenters. The van der Waals surface area contributed by atoms with Gasteiger partial charge in [0, 0.05) is 32.0 Å². The van der Waals surface area contributed by atoms with Crippen LogP contribution in [0.15, 0.2) is 0 Å². The van der Waals surface area contributed by atoms with Crippen LogP contribution in [0.5, 0.6) is 0 Å². The standard InChI is InChI=1S/C13H17O.C5H5.Ru/c1-13(2)10-5-9-3-8(7-14)4-11(9)12(13)6-10;1-2-4-5-3-1;/h3-4,10,12,14H,5-7H2,1-2H3;1-5H;. The molecule has 5 fully saturated rings. The van der Waals surface area contributed by atoms with E-state index < -0.39 is 0 Å². The topological polar surface area (TPSA) is 20.2 Å². The van der Waals surface area contributed by atoms with E-state index in [-0.39, 0.29) is 26.1 Å². The van der Waals surface area contributed by atoms with Crippen molar-refractivity contribution in [1.82, 2.24) is 0 Å². The van der Waals surface area contributed by atoms with E-state index in [2.05, 4.69) is 26.7 Å². The van der Waals surface area contributed by atoms with Gasteiger partial charge in [0.15, 0.2) is 0 Å². The number of rotatable bonds is 1. The first-order valence-electron chi connectivity index (χ1n) is 7.19. The Bertz CT molecular complexity index is 303. The Labute approximate surface area is 138 Å². The quantitative estimate of drug-likeness (QED) is 0.716. The number of hydrogen-bond acceptors (Lipinski definition) is 1. The first kappa shape index (κ1) is 16.9. The molecule has 0 amide bonds. The van der Waals surface area contributed by atoms with E-state index in [1.807, 2.05) is 32.1 Å². The van der Waals surface area contributed by atoms with Crippen molar-refractivity contribution in [2.45, 2.75) is 26.7 Å². The van der Waals surface area contributed by atoms with Gasteiger partial charge < -0.3 is 5.11 Å². The predicted octanol–water partition coefficient (Wildman–Crippen LogP) is 3.21. The molecule has 0 saturated heterocycles. The molecule has 10 radical (unpaired) electrons. The molecular formula is C18H22ORu. The first-order chi connectivity index (χ1) is 9.13. The second kappa shape index (κ2) is 6.78. The molecule has 0 spiro atoms. The monoisotopic (exact) mass is 356 g/mol. The van der Waals surface area contributed by atoms with Crippen molar-refractivity contribution in [3.8, 4) is 0 Å². The Morgan fingerprint density at radius 2 is 1.70 bits per heavy atom. The predicted molar refractivity (Wildman–Crippen MR) is 76.9 cm³/mol. The first-order valence-corrected chi connectivity index (χ1v) is 7.19. The summed E-state index contributed by atoms with van der Waals surface area (Å²) < 4.78 is 0. The van der Waals surface area contributed by atoms with E-state index in [9.17, 15) is 0 Å². The van der Waals surface area contributed by atoms with E-state index in [1.54, 1.807) is 0 Å². The molecule has 1 nitrogen and oxygen atoms in total. The molecule has 5 saturated carbocycles. The Hall–Kier alpha value is 0.583. The van der Waals surface area contributed by atoms with E-state index in [0.29, 0.717) is 5.41 Å². The van der Waals surface area contributed by atoms with Crippen molar-refractivity contribution in [3.63, 3.8) is 0 Å². The van der Waals surface area contributed by atoms with Gasteiger partial charge in [-0.3, -0.25) is 0 Å². The fourth-order valence-corrected chi connectivity index (χ4v) is 3.71. The van der Waals surface area contributed by atoms with Crippen LogP contribution in [0.3, 0.4) is 0 Å². The van der Waals surface area contributed by atoms with Crippen LogP contribution in [0.25, 0.3) is 0 Å². The summed E-state index contributed by atoms with van der Waals surface area (Å²) in [6, 6.07) is 0. The van der Waals surface area contributed by atoms with Crippen LogP contribution in [-0.4, -0.2) is 11.7 Å². The summed E-state index contributed by atoms with van der Waals surface area (Å²) >= 11 is 0. The minimum Gasteiger partial charge on any atom is -0.396 e. The third kappa shape index (κ3) is 3.02. The van der Waals surface area contributed by atoms with Crippen LogP contribution in [-0.2, 0) is 19.5 Å². The van der Waals surface area contributed by atoms with Crippen molar-refractivity contribution in [2.24, 2.45) is 17.3 Å². The van der Waals surface area contributed by atoms with E-state index >= 15 is 0 Å². The average molecular weight is 355 g/mol. The van der Waals surface area contributed by atoms with Gasteiger partial charge in [0.1, 0.15) is 0 Å². The van der Waals surface area contributed by atoms with E-state index in [4.69, 9.17) is 5.11 Å². The largest absolute Gasteiger partial charge is 0.396 e. The van der Waals surface area contributed by atoms with E-state index in [0.717, 1.165) is 17.8 Å². The molecule has 1 N–H and O–H groups in total. The Morgan fingerprint density at radius 1 is 1.10 bits per heavy atom. The van der Waals surface area contributed by atoms with Crippen LogP contribution in [0, 0.1) is 80.0 Å². The minimum atomic E-state index is 0. The van der Waals surface area contributed by atoms with Crippen molar-refractivity contribution in [3.05, 3.63) is 62.7 Å². The summed E-state index contributed by atoms with van der Waals surface area (Å²) in [6.07, 6.45) is 17.0. The molecule has 2 atom stereocenters. The van der Waals surface area contributed by atoms with Crippen LogP contribution >= 0.6 is 0 Å². The summed E-state index contributed by atoms with van der Waals surface area (Å²) in [5.41, 5.74) is 0.508. The SMILES string of the molecule is CC1(C)C2C[C]3[CH][C](CO)[CH][C]3C1C2.[CH]1[CH][CH][CH][CH]1.[Ru]. The Kier molecular flexibility index (Phi) is 5.74. The molecule has 0 aromatic heterocycles. The van der Waals surface area contributed by atoms with Crippen molar-refractivity contribution in [2.75, 3.05) is 6.61 Å². The van der Waals surface area contributed by atoms with Crippen LogP contribution < -0.4 is 0 Å². The summed E-state index contributed by atoms with van der Waals surface area (Å²) in [5.74, 6) is 5.79. The van der Waals surface area contributed by atoms with Gasteiger partial charge in [-0.05, 0) is 86.9 Å². The van der Waals surface area contributed by atoms with Crippen molar-refractivity contribution >= 4 is 0 Å². The van der Waals surface area contributed by atoms with Crippen LogP contribution in [0.1, 0.15) is 26.7 Å². The van der Waals surface area contributed by atoms with Crippen LogP contribution in [0.4, 0.5) is 0 Å². The zero-order valence-electron chi connectivity index (χ0n) is 12.1. The van der Waals surface area contributed by atoms with E-state index in [1.165, 1.54) is 24.7 Å². The van der Waals surface area contributed by atoms with Gasteiger partial charge in [-0.2, -0.15) is 0 Å². The Morgan fingerprint density at radius 3 is 2.20 bits per heavy atom. The molecule has 5 aliphatic carbocycles. The number of aliphatic hydroxyl groups is 1. The van der Waals surface area contributed by atoms with Gasteiger partial charge in [-0.1, -0.05) is 13.8 Å². The van der Waals surface area contributed by atoms with Crippen molar-refractivity contribution < 1.29 is 24.6 Å². The Balaban J connectivity index is 0.000000210. The zero-order chi connectivity index (χ0) is 13.5. The fourth-order valence-electron chi connectivity index (χ4n) is 3.71. The van der Waals surface area contributed by atoms with Crippen LogP contribution in [0.2, 0.25) is 0 Å². The van der Waals surface area contributed by atoms with Gasteiger partial charge in [0.05, 0.1) is 0 Å². The molecule has 0 aromatic carbocycles. The summed E-state index contributed by atoms with van der Waals surface area (Å²) in [4.78, 5) is 0. The van der Waals surface area contributed by atoms with Gasteiger partial charge in [0.25, 0.3) is 0 Å². The zero-order valence-corrected chi connectivity index (χ0v) is 13.9. The maximum absolute atomic E-state index is 9.12. The maximum Gasteiger partial charge on any atom is 0.0499 e. The molecule has 2 bridgehead atoms. The third-order valence-corrected chi connectivity index (χ3v) is 5.12. The number of aliphatic hydroxyl groups excluding tert-OH is 1. The molecule has 5 aliphatic rings. The third-order valence-electron chi connectivity index (χ3n) is 5.12. The average Bonchev–Trinajstić information content (AvgIpc) is 3.09. The second-order valence-corrected chi connectivity index (χ2v) is 6.48. The molecule has 0 heterocycles. The smallest absolute Gasteiger partial charge is 0.0499 e. The number of hydrogen-bond donors (Lipinski definition) is 1. The van der Waals surface area contributed by atoms with Gasteiger partial charge in [-0.15, -0.1) is 0 Å². The second-order valence-electron chi connectivity index (χ2n) is 6.48. The molecule has 5 rings (SSSR count). The normalized spacial score (nSPS) is 35.5.